The van der Waals surface area contributed by atoms with Crippen molar-refractivity contribution in [2.24, 2.45) is 0 Å². The van der Waals surface area contributed by atoms with E-state index in [-0.39, 0.29) is 0 Å². The number of nitrogens with two attached hydrogens (primary N) is 1. The largest absolute Gasteiger partial charge is 0.436 e. The van der Waals surface area contributed by atoms with E-state index in [1.165, 1.54) is 6.33 Å². The molecule has 0 aliphatic heterocycles. The Balaban J connectivity index is 2.14. The molecule has 0 saturated heterocycles. The summed E-state index contributed by atoms with van der Waals surface area (Å²) < 4.78 is 7.19. The van der Waals surface area contributed by atoms with Gasteiger partial charge in [0.25, 0.3) is 0 Å². The molecule has 0 unspecified atom stereocenters. The van der Waals surface area contributed by atoms with Crippen LogP contribution in [0.25, 0.3) is 0 Å². The standard InChI is InChI=1S/C9H11N5O/c1-2-14-5-7(4-13-14)15-9-3-8(10)11-6-12-9/h3-6H,2H2,1H3,(H2,10,11,12). The molecule has 0 bridgehead atoms. The van der Waals surface area contributed by atoms with Gasteiger partial charge in [0.2, 0.25) is 5.88 Å². The maximum atomic E-state index is 5.49. The predicted octanol–water partition coefficient (Wildman–Crippen LogP) is 1.07. The molecule has 78 valence electrons. The highest BCUT2D eigenvalue weighted by Gasteiger charge is 2.01. The van der Waals surface area contributed by atoms with Gasteiger partial charge in [-0.2, -0.15) is 5.10 Å². The number of nitrogen functional groups attached to an aromatic ring is 1. The first-order valence-electron chi connectivity index (χ1n) is 4.55. The molecule has 2 heterocycles. The van der Waals surface area contributed by atoms with E-state index in [0.29, 0.717) is 17.4 Å². The lowest BCUT2D eigenvalue weighted by Gasteiger charge is -2.00. The number of anilines is 1. The Kier molecular flexibility index (Phi) is 2.49. The molecular formula is C9H11N5O. The van der Waals surface area contributed by atoms with E-state index in [1.807, 2.05) is 6.92 Å². The van der Waals surface area contributed by atoms with E-state index in [1.54, 1.807) is 23.1 Å². The maximum absolute atomic E-state index is 5.49. The van der Waals surface area contributed by atoms with Crippen LogP contribution < -0.4 is 10.5 Å². The summed E-state index contributed by atoms with van der Waals surface area (Å²) in [5.41, 5.74) is 5.49. The van der Waals surface area contributed by atoms with E-state index in [2.05, 4.69) is 15.1 Å². The van der Waals surface area contributed by atoms with Crippen molar-refractivity contribution in [2.75, 3.05) is 5.73 Å². The van der Waals surface area contributed by atoms with Gasteiger partial charge in [-0.05, 0) is 6.92 Å². The highest BCUT2D eigenvalue weighted by Crippen LogP contribution is 2.18. The first-order chi connectivity index (χ1) is 7.28. The van der Waals surface area contributed by atoms with Crippen molar-refractivity contribution in [2.45, 2.75) is 13.5 Å². The van der Waals surface area contributed by atoms with E-state index >= 15 is 0 Å². The number of nitrogens with zero attached hydrogens (tertiary/aromatic N) is 4. The number of rotatable bonds is 3. The SMILES string of the molecule is CCn1cc(Oc2cc(N)ncn2)cn1. The molecule has 0 fully saturated rings. The van der Waals surface area contributed by atoms with Crippen LogP contribution in [0, 0.1) is 0 Å². The van der Waals surface area contributed by atoms with Crippen LogP contribution in [0.2, 0.25) is 0 Å². The number of aromatic nitrogens is 4. The van der Waals surface area contributed by atoms with E-state index < -0.39 is 0 Å². The van der Waals surface area contributed by atoms with Crippen molar-refractivity contribution < 1.29 is 4.74 Å². The molecule has 2 aromatic heterocycles. The zero-order valence-corrected chi connectivity index (χ0v) is 8.29. The first-order valence-corrected chi connectivity index (χ1v) is 4.55. The summed E-state index contributed by atoms with van der Waals surface area (Å²) in [6.07, 6.45) is 4.77. The Morgan fingerprint density at radius 1 is 1.47 bits per heavy atom. The smallest absolute Gasteiger partial charge is 0.224 e. The first kappa shape index (κ1) is 9.45. The summed E-state index contributed by atoms with van der Waals surface area (Å²) in [7, 11) is 0. The summed E-state index contributed by atoms with van der Waals surface area (Å²) in [5, 5.41) is 4.07. The van der Waals surface area contributed by atoms with Crippen LogP contribution in [-0.2, 0) is 6.54 Å². The van der Waals surface area contributed by atoms with Gasteiger partial charge in [0, 0.05) is 12.6 Å². The molecule has 0 saturated carbocycles. The summed E-state index contributed by atoms with van der Waals surface area (Å²) in [6, 6.07) is 1.56. The van der Waals surface area contributed by atoms with E-state index in [9.17, 15) is 0 Å². The summed E-state index contributed by atoms with van der Waals surface area (Å²) in [5.74, 6) is 1.43. The fourth-order valence-electron chi connectivity index (χ4n) is 1.10. The average molecular weight is 205 g/mol. The molecule has 0 atom stereocenters. The zero-order chi connectivity index (χ0) is 10.7. The Labute approximate surface area is 86.7 Å². The lowest BCUT2D eigenvalue weighted by molar-refractivity contribution is 0.461. The molecule has 2 N–H and O–H groups in total. The van der Waals surface area contributed by atoms with Crippen molar-refractivity contribution in [1.29, 1.82) is 0 Å². The van der Waals surface area contributed by atoms with Crippen molar-refractivity contribution in [3.63, 3.8) is 0 Å². The van der Waals surface area contributed by atoms with Gasteiger partial charge < -0.3 is 10.5 Å². The third-order valence-corrected chi connectivity index (χ3v) is 1.82. The van der Waals surface area contributed by atoms with Gasteiger partial charge in [0.1, 0.15) is 12.1 Å². The highest BCUT2D eigenvalue weighted by atomic mass is 16.5. The normalized spacial score (nSPS) is 10.2. The zero-order valence-electron chi connectivity index (χ0n) is 8.29. The number of aryl methyl sites for hydroxylation is 1. The van der Waals surface area contributed by atoms with Gasteiger partial charge in [-0.3, -0.25) is 4.68 Å². The van der Waals surface area contributed by atoms with Crippen LogP contribution in [0.4, 0.5) is 5.82 Å². The van der Waals surface area contributed by atoms with Crippen molar-refractivity contribution in [1.82, 2.24) is 19.7 Å². The second-order valence-corrected chi connectivity index (χ2v) is 2.91. The number of hydrogen-bond donors (Lipinski definition) is 1. The maximum Gasteiger partial charge on any atom is 0.224 e. The molecule has 2 aromatic rings. The molecule has 6 nitrogen and oxygen atoms in total. The minimum Gasteiger partial charge on any atom is -0.436 e. The van der Waals surface area contributed by atoms with Crippen LogP contribution in [-0.4, -0.2) is 19.7 Å². The number of hydrogen-bond acceptors (Lipinski definition) is 5. The highest BCUT2D eigenvalue weighted by molar-refractivity contribution is 5.33. The van der Waals surface area contributed by atoms with Crippen LogP contribution in [0.15, 0.2) is 24.8 Å². The summed E-state index contributed by atoms with van der Waals surface area (Å²) in [4.78, 5) is 7.69. The molecule has 0 amide bonds. The molecule has 0 aromatic carbocycles. The van der Waals surface area contributed by atoms with Crippen molar-refractivity contribution in [3.05, 3.63) is 24.8 Å². The van der Waals surface area contributed by atoms with Crippen LogP contribution >= 0.6 is 0 Å². The molecule has 15 heavy (non-hydrogen) atoms. The second kappa shape index (κ2) is 3.95. The van der Waals surface area contributed by atoms with Crippen LogP contribution in [0.3, 0.4) is 0 Å². The lowest BCUT2D eigenvalue weighted by atomic mass is 10.5. The Hall–Kier alpha value is -2.11. The molecular weight excluding hydrogens is 194 g/mol. The van der Waals surface area contributed by atoms with Gasteiger partial charge in [0.15, 0.2) is 5.75 Å². The molecule has 0 spiro atoms. The van der Waals surface area contributed by atoms with Gasteiger partial charge in [-0.15, -0.1) is 0 Å². The topological polar surface area (TPSA) is 78.9 Å². The number of ether oxygens (including phenoxy) is 1. The van der Waals surface area contributed by atoms with Gasteiger partial charge in [-0.1, -0.05) is 0 Å². The monoisotopic (exact) mass is 205 g/mol. The summed E-state index contributed by atoms with van der Waals surface area (Å²) >= 11 is 0. The minimum absolute atomic E-state index is 0.378. The Morgan fingerprint density at radius 2 is 2.33 bits per heavy atom. The van der Waals surface area contributed by atoms with Gasteiger partial charge in [0.05, 0.1) is 12.4 Å². The molecule has 2 rings (SSSR count). The van der Waals surface area contributed by atoms with Crippen molar-refractivity contribution >= 4 is 5.82 Å². The van der Waals surface area contributed by atoms with Gasteiger partial charge in [-0.25, -0.2) is 9.97 Å². The van der Waals surface area contributed by atoms with Crippen LogP contribution in [0.1, 0.15) is 6.92 Å². The van der Waals surface area contributed by atoms with E-state index in [0.717, 1.165) is 6.54 Å². The minimum atomic E-state index is 0.378. The predicted molar refractivity (Wildman–Crippen MR) is 54.4 cm³/mol. The molecule has 0 aliphatic rings. The Bertz CT molecular complexity index is 453. The van der Waals surface area contributed by atoms with Crippen molar-refractivity contribution in [3.8, 4) is 11.6 Å². The third-order valence-electron chi connectivity index (χ3n) is 1.82. The fraction of sp³-hybridized carbons (Fsp3) is 0.222. The fourth-order valence-corrected chi connectivity index (χ4v) is 1.10. The lowest BCUT2D eigenvalue weighted by Crippen LogP contribution is -1.94. The molecule has 0 aliphatic carbocycles. The molecule has 6 heteroatoms. The van der Waals surface area contributed by atoms with E-state index in [4.69, 9.17) is 10.5 Å². The molecule has 0 radical (unpaired) electrons. The summed E-state index contributed by atoms with van der Waals surface area (Å²) in [6.45, 7) is 2.80. The quantitative estimate of drug-likeness (QED) is 0.810. The third kappa shape index (κ3) is 2.22. The van der Waals surface area contributed by atoms with Gasteiger partial charge >= 0.3 is 0 Å². The van der Waals surface area contributed by atoms with Crippen LogP contribution in [0.5, 0.6) is 11.6 Å². The second-order valence-electron chi connectivity index (χ2n) is 2.91. The Morgan fingerprint density at radius 3 is 3.00 bits per heavy atom. The average Bonchev–Trinajstić information content (AvgIpc) is 2.65.